The van der Waals surface area contributed by atoms with Gasteiger partial charge in [-0.1, -0.05) is 0 Å². The van der Waals surface area contributed by atoms with Crippen molar-refractivity contribution in [3.63, 3.8) is 0 Å². The summed E-state index contributed by atoms with van der Waals surface area (Å²) in [6, 6.07) is 0. The number of carboxylic acid groups (broad SMARTS) is 3. The van der Waals surface area contributed by atoms with Crippen LogP contribution in [0.25, 0.3) is 0 Å². The molecule has 0 aromatic rings. The summed E-state index contributed by atoms with van der Waals surface area (Å²) < 4.78 is 7.68. The van der Waals surface area contributed by atoms with Crippen LogP contribution in [0.4, 0.5) is 14.4 Å². The fourth-order valence-corrected chi connectivity index (χ4v) is 0.300. The highest BCUT2D eigenvalue weighted by atomic mass is 35.5. The third-order valence-electron chi connectivity index (χ3n) is 0.468. The molecule has 0 saturated heterocycles. The van der Waals surface area contributed by atoms with Crippen LogP contribution in [0.1, 0.15) is 0 Å². The van der Waals surface area contributed by atoms with Crippen molar-refractivity contribution in [2.24, 2.45) is 0 Å². The standard InChI is InChI=1S/C4H5ClO5.CH2O3/c5-1-2-9-4(8)10-3(6)7;2-1(3)4/h1-2H2,(H,6,7);(H2,2,3,4). The molecule has 0 aromatic carbocycles. The number of alkyl halides is 1. The van der Waals surface area contributed by atoms with Crippen molar-refractivity contribution in [2.75, 3.05) is 12.5 Å². The molecule has 0 amide bonds. The van der Waals surface area contributed by atoms with Gasteiger partial charge in [0.15, 0.2) is 0 Å². The Morgan fingerprint density at radius 1 is 1.14 bits per heavy atom. The third kappa shape index (κ3) is 22.4. The Morgan fingerprint density at radius 2 is 1.57 bits per heavy atom. The normalized spacial score (nSPS) is 7.79. The van der Waals surface area contributed by atoms with E-state index in [1.807, 2.05) is 0 Å². The monoisotopic (exact) mass is 230 g/mol. The zero-order valence-electron chi connectivity index (χ0n) is 6.68. The molecule has 0 fully saturated rings. The van der Waals surface area contributed by atoms with Gasteiger partial charge in [0.05, 0.1) is 5.88 Å². The molecule has 14 heavy (non-hydrogen) atoms. The third-order valence-corrected chi connectivity index (χ3v) is 0.622. The van der Waals surface area contributed by atoms with Crippen molar-refractivity contribution < 1.29 is 39.2 Å². The lowest BCUT2D eigenvalue weighted by molar-refractivity contribution is 0.0579. The molecule has 0 bridgehead atoms. The van der Waals surface area contributed by atoms with Gasteiger partial charge in [-0.25, -0.2) is 14.4 Å². The molecule has 0 aliphatic carbocycles. The number of halogens is 1. The van der Waals surface area contributed by atoms with Gasteiger partial charge in [0.2, 0.25) is 0 Å². The second-order valence-electron chi connectivity index (χ2n) is 1.44. The van der Waals surface area contributed by atoms with Gasteiger partial charge in [0, 0.05) is 0 Å². The minimum absolute atomic E-state index is 0.0618. The van der Waals surface area contributed by atoms with E-state index in [1.165, 1.54) is 0 Å². The van der Waals surface area contributed by atoms with Crippen LogP contribution in [-0.4, -0.2) is 46.3 Å². The lowest BCUT2D eigenvalue weighted by Crippen LogP contribution is -2.12. The van der Waals surface area contributed by atoms with Crippen LogP contribution in [0.3, 0.4) is 0 Å². The molecule has 0 aliphatic rings. The summed E-state index contributed by atoms with van der Waals surface area (Å²) >= 11 is 5.10. The van der Waals surface area contributed by atoms with Gasteiger partial charge in [0.1, 0.15) is 6.61 Å². The lowest BCUT2D eigenvalue weighted by atomic mass is 10.9. The average Bonchev–Trinajstić information content (AvgIpc) is 1.98. The summed E-state index contributed by atoms with van der Waals surface area (Å²) in [5, 5.41) is 21.8. The lowest BCUT2D eigenvalue weighted by Gasteiger charge is -1.97. The Labute approximate surface area is 82.6 Å². The van der Waals surface area contributed by atoms with E-state index < -0.39 is 18.5 Å². The number of rotatable bonds is 2. The molecule has 0 spiro atoms. The number of hydrogen-bond acceptors (Lipinski definition) is 5. The number of carbonyl (C=O) groups excluding carboxylic acids is 1. The van der Waals surface area contributed by atoms with E-state index in [-0.39, 0.29) is 12.5 Å². The number of ether oxygens (including phenoxy) is 2. The van der Waals surface area contributed by atoms with Crippen molar-refractivity contribution in [2.45, 2.75) is 0 Å². The van der Waals surface area contributed by atoms with Crippen LogP contribution >= 0.6 is 11.6 Å². The Morgan fingerprint density at radius 3 is 1.86 bits per heavy atom. The van der Waals surface area contributed by atoms with Gasteiger partial charge in [-0.05, 0) is 0 Å². The molecule has 8 nitrogen and oxygen atoms in total. The molecular weight excluding hydrogens is 223 g/mol. The molecule has 82 valence electrons. The first kappa shape index (κ1) is 14.8. The summed E-state index contributed by atoms with van der Waals surface area (Å²) in [6.07, 6.45) is -4.78. The summed E-state index contributed by atoms with van der Waals surface area (Å²) in [6.45, 7) is -0.0618. The van der Waals surface area contributed by atoms with Crippen molar-refractivity contribution in [1.82, 2.24) is 0 Å². The molecule has 9 heteroatoms. The fourth-order valence-electron chi connectivity index (χ4n) is 0.223. The van der Waals surface area contributed by atoms with Crippen LogP contribution in [0.2, 0.25) is 0 Å². The van der Waals surface area contributed by atoms with Gasteiger partial charge in [-0.2, -0.15) is 0 Å². The first-order valence-corrected chi connectivity index (χ1v) is 3.49. The van der Waals surface area contributed by atoms with E-state index in [1.54, 1.807) is 0 Å². The van der Waals surface area contributed by atoms with Crippen molar-refractivity contribution in [3.05, 3.63) is 0 Å². The minimum Gasteiger partial charge on any atom is -0.450 e. The highest BCUT2D eigenvalue weighted by Crippen LogP contribution is 1.86. The second-order valence-corrected chi connectivity index (χ2v) is 1.82. The summed E-state index contributed by atoms with van der Waals surface area (Å²) in [5.41, 5.74) is 0. The molecule has 0 rings (SSSR count). The summed E-state index contributed by atoms with van der Waals surface area (Å²) in [5.74, 6) is 0.106. The zero-order chi connectivity index (χ0) is 11.6. The predicted molar refractivity (Wildman–Crippen MR) is 41.8 cm³/mol. The van der Waals surface area contributed by atoms with E-state index in [2.05, 4.69) is 9.47 Å². The molecule has 0 saturated carbocycles. The molecule has 0 radical (unpaired) electrons. The molecule has 3 N–H and O–H groups in total. The molecule has 0 heterocycles. The van der Waals surface area contributed by atoms with E-state index >= 15 is 0 Å². The maximum atomic E-state index is 10.1. The summed E-state index contributed by atoms with van der Waals surface area (Å²) in [4.78, 5) is 28.3. The van der Waals surface area contributed by atoms with Crippen molar-refractivity contribution in [3.8, 4) is 0 Å². The van der Waals surface area contributed by atoms with E-state index in [0.29, 0.717) is 0 Å². The van der Waals surface area contributed by atoms with Crippen molar-refractivity contribution >= 4 is 30.1 Å². The number of carbonyl (C=O) groups is 3. The molecule has 0 atom stereocenters. The maximum Gasteiger partial charge on any atom is 0.518 e. The number of hydrogen-bond donors (Lipinski definition) is 3. The molecule has 0 unspecified atom stereocenters. The minimum atomic E-state index is -1.83. The molecule has 0 aliphatic heterocycles. The van der Waals surface area contributed by atoms with E-state index in [4.69, 9.17) is 31.7 Å². The Kier molecular flexibility index (Phi) is 9.93. The van der Waals surface area contributed by atoms with E-state index in [0.717, 1.165) is 0 Å². The Hall–Kier alpha value is -1.70. The first-order valence-electron chi connectivity index (χ1n) is 2.95. The zero-order valence-corrected chi connectivity index (χ0v) is 7.43. The van der Waals surface area contributed by atoms with Crippen LogP contribution in [0.5, 0.6) is 0 Å². The molecular formula is C5H7ClO8. The first-order chi connectivity index (χ1) is 6.40. The van der Waals surface area contributed by atoms with Crippen LogP contribution in [-0.2, 0) is 9.47 Å². The largest absolute Gasteiger partial charge is 0.518 e. The van der Waals surface area contributed by atoms with Gasteiger partial charge in [0.25, 0.3) is 0 Å². The average molecular weight is 231 g/mol. The highest BCUT2D eigenvalue weighted by molar-refractivity contribution is 6.18. The fraction of sp³-hybridized carbons (Fsp3) is 0.400. The SMILES string of the molecule is O=C(O)O.O=C(O)OC(=O)OCCCl. The predicted octanol–water partition coefficient (Wildman–Crippen LogP) is 1.28. The van der Waals surface area contributed by atoms with Gasteiger partial charge in [-0.3, -0.25) is 0 Å². The van der Waals surface area contributed by atoms with Gasteiger partial charge in [-0.15, -0.1) is 11.6 Å². The topological polar surface area (TPSA) is 130 Å². The van der Waals surface area contributed by atoms with Crippen molar-refractivity contribution in [1.29, 1.82) is 0 Å². The second kappa shape index (κ2) is 9.39. The van der Waals surface area contributed by atoms with Gasteiger partial charge >= 0.3 is 18.5 Å². The Balaban J connectivity index is 0. The van der Waals surface area contributed by atoms with Gasteiger partial charge < -0.3 is 24.8 Å². The smallest absolute Gasteiger partial charge is 0.450 e. The van der Waals surface area contributed by atoms with Crippen LogP contribution in [0, 0.1) is 0 Å². The quantitative estimate of drug-likeness (QED) is 0.367. The maximum absolute atomic E-state index is 10.1. The highest BCUT2D eigenvalue weighted by Gasteiger charge is 2.07. The van der Waals surface area contributed by atoms with E-state index in [9.17, 15) is 9.59 Å². The Bertz CT molecular complexity index is 198. The summed E-state index contributed by atoms with van der Waals surface area (Å²) in [7, 11) is 0. The van der Waals surface area contributed by atoms with Crippen LogP contribution < -0.4 is 0 Å². The van der Waals surface area contributed by atoms with Crippen LogP contribution in [0.15, 0.2) is 0 Å². The molecule has 0 aromatic heterocycles.